The van der Waals surface area contributed by atoms with Gasteiger partial charge >= 0.3 is 0 Å². The largest absolute Gasteiger partial charge is 0.497 e. The Labute approximate surface area is 159 Å². The van der Waals surface area contributed by atoms with Crippen molar-refractivity contribution in [3.8, 4) is 17.2 Å². The van der Waals surface area contributed by atoms with Crippen LogP contribution in [-0.4, -0.2) is 32.2 Å². The van der Waals surface area contributed by atoms with Gasteiger partial charge in [0, 0.05) is 6.54 Å². The fourth-order valence-corrected chi connectivity index (χ4v) is 2.30. The monoisotopic (exact) mass is 373 g/mol. The van der Waals surface area contributed by atoms with Crippen LogP contribution in [0, 0.1) is 0 Å². The Morgan fingerprint density at radius 3 is 2.50 bits per heavy atom. The number of thiocarbonyl (C=S) groups is 1. The molecule has 0 aliphatic rings. The second kappa shape index (κ2) is 10.2. The predicted octanol–water partition coefficient (Wildman–Crippen LogP) is 3.10. The minimum atomic E-state index is 0.440. The zero-order valence-electron chi connectivity index (χ0n) is 15.1. The topological polar surface area (TPSA) is 64.1 Å². The average molecular weight is 373 g/mol. The van der Waals surface area contributed by atoms with Crippen LogP contribution < -0.4 is 25.0 Å². The molecule has 138 valence electrons. The molecule has 0 radical (unpaired) electrons. The Morgan fingerprint density at radius 1 is 1.08 bits per heavy atom. The van der Waals surface area contributed by atoms with Crippen LogP contribution in [0.3, 0.4) is 0 Å². The van der Waals surface area contributed by atoms with Gasteiger partial charge in [0.1, 0.15) is 5.75 Å². The highest BCUT2D eigenvalue weighted by molar-refractivity contribution is 7.80. The quantitative estimate of drug-likeness (QED) is 0.421. The van der Waals surface area contributed by atoms with Crippen molar-refractivity contribution in [2.75, 3.05) is 20.8 Å². The number of nitrogens with one attached hydrogen (secondary N) is 2. The lowest BCUT2D eigenvalue weighted by Gasteiger charge is -2.10. The Kier molecular flexibility index (Phi) is 7.70. The summed E-state index contributed by atoms with van der Waals surface area (Å²) in [6.45, 7) is 3.09. The summed E-state index contributed by atoms with van der Waals surface area (Å²) in [7, 11) is 3.25. The van der Waals surface area contributed by atoms with Crippen LogP contribution >= 0.6 is 12.2 Å². The Morgan fingerprint density at radius 2 is 1.85 bits per heavy atom. The molecule has 6 nitrogen and oxygen atoms in total. The lowest BCUT2D eigenvalue weighted by Crippen LogP contribution is -2.31. The Bertz CT molecular complexity index is 748. The minimum absolute atomic E-state index is 0.440. The van der Waals surface area contributed by atoms with E-state index < -0.39 is 0 Å². The van der Waals surface area contributed by atoms with Crippen molar-refractivity contribution in [3.05, 3.63) is 53.6 Å². The molecule has 2 aromatic rings. The first-order chi connectivity index (χ1) is 12.7. The zero-order chi connectivity index (χ0) is 18.8. The molecular weight excluding hydrogens is 350 g/mol. The molecule has 0 amide bonds. The average Bonchev–Trinajstić information content (AvgIpc) is 2.67. The van der Waals surface area contributed by atoms with Crippen LogP contribution in [0.4, 0.5) is 0 Å². The number of nitrogens with zero attached hydrogens (tertiary/aromatic N) is 1. The van der Waals surface area contributed by atoms with E-state index in [1.54, 1.807) is 20.4 Å². The van der Waals surface area contributed by atoms with E-state index >= 15 is 0 Å². The van der Waals surface area contributed by atoms with Crippen molar-refractivity contribution in [1.82, 2.24) is 10.7 Å². The summed E-state index contributed by atoms with van der Waals surface area (Å²) in [5.41, 5.74) is 4.76. The lowest BCUT2D eigenvalue weighted by atomic mass is 10.2. The first kappa shape index (κ1) is 19.5. The lowest BCUT2D eigenvalue weighted by molar-refractivity contribution is 0.311. The normalized spacial score (nSPS) is 10.4. The second-order valence-corrected chi connectivity index (χ2v) is 5.65. The fraction of sp³-hybridized carbons (Fsp3) is 0.263. The van der Waals surface area contributed by atoms with Crippen molar-refractivity contribution in [2.45, 2.75) is 13.5 Å². The van der Waals surface area contributed by atoms with Gasteiger partial charge in [0.25, 0.3) is 0 Å². The molecule has 0 atom stereocenters. The van der Waals surface area contributed by atoms with Crippen LogP contribution in [-0.2, 0) is 6.54 Å². The summed E-state index contributed by atoms with van der Waals surface area (Å²) in [6.07, 6.45) is 1.67. The van der Waals surface area contributed by atoms with Gasteiger partial charge in [0.05, 0.1) is 27.0 Å². The molecule has 0 saturated carbocycles. The maximum Gasteiger partial charge on any atom is 0.187 e. The number of ether oxygens (including phenoxy) is 3. The van der Waals surface area contributed by atoms with E-state index in [2.05, 4.69) is 15.8 Å². The van der Waals surface area contributed by atoms with Crippen molar-refractivity contribution >= 4 is 23.5 Å². The number of rotatable bonds is 8. The van der Waals surface area contributed by atoms with Crippen molar-refractivity contribution in [3.63, 3.8) is 0 Å². The van der Waals surface area contributed by atoms with Gasteiger partial charge in [-0.15, -0.1) is 0 Å². The van der Waals surface area contributed by atoms with Crippen molar-refractivity contribution in [2.24, 2.45) is 5.10 Å². The summed E-state index contributed by atoms with van der Waals surface area (Å²) in [5.74, 6) is 2.19. The summed E-state index contributed by atoms with van der Waals surface area (Å²) in [6, 6.07) is 13.4. The van der Waals surface area contributed by atoms with E-state index in [-0.39, 0.29) is 0 Å². The Balaban J connectivity index is 1.85. The highest BCUT2D eigenvalue weighted by Gasteiger charge is 2.04. The smallest absolute Gasteiger partial charge is 0.187 e. The molecule has 2 rings (SSSR count). The first-order valence-electron chi connectivity index (χ1n) is 8.17. The van der Waals surface area contributed by atoms with Gasteiger partial charge in [0.15, 0.2) is 16.6 Å². The van der Waals surface area contributed by atoms with Crippen LogP contribution in [0.1, 0.15) is 18.1 Å². The number of hydrazone groups is 1. The molecule has 2 N–H and O–H groups in total. The van der Waals surface area contributed by atoms with Crippen LogP contribution in [0.5, 0.6) is 17.2 Å². The van der Waals surface area contributed by atoms with Crippen molar-refractivity contribution in [1.29, 1.82) is 0 Å². The number of hydrogen-bond donors (Lipinski definition) is 2. The van der Waals surface area contributed by atoms with Gasteiger partial charge in [-0.25, -0.2) is 0 Å². The Hall–Kier alpha value is -2.80. The third-order valence-corrected chi connectivity index (χ3v) is 3.71. The van der Waals surface area contributed by atoms with E-state index in [0.717, 1.165) is 16.9 Å². The third kappa shape index (κ3) is 5.93. The second-order valence-electron chi connectivity index (χ2n) is 5.24. The van der Waals surface area contributed by atoms with E-state index in [0.29, 0.717) is 29.8 Å². The minimum Gasteiger partial charge on any atom is -0.497 e. The first-order valence-corrected chi connectivity index (χ1v) is 8.57. The highest BCUT2D eigenvalue weighted by Crippen LogP contribution is 2.27. The third-order valence-electron chi connectivity index (χ3n) is 3.48. The van der Waals surface area contributed by atoms with Crippen LogP contribution in [0.2, 0.25) is 0 Å². The SMILES string of the molecule is CCOc1cc(/C=N\NC(=S)NCc2ccc(OC)cc2)ccc1OC. The molecule has 0 unspecified atom stereocenters. The van der Waals surface area contributed by atoms with Gasteiger partial charge in [-0.05, 0) is 60.6 Å². The molecule has 0 aromatic heterocycles. The molecule has 7 heteroatoms. The van der Waals surface area contributed by atoms with Crippen LogP contribution in [0.25, 0.3) is 0 Å². The molecule has 0 saturated heterocycles. The number of hydrogen-bond acceptors (Lipinski definition) is 5. The number of benzene rings is 2. The van der Waals surface area contributed by atoms with Crippen LogP contribution in [0.15, 0.2) is 47.6 Å². The summed E-state index contributed by atoms with van der Waals surface area (Å²) in [4.78, 5) is 0. The summed E-state index contributed by atoms with van der Waals surface area (Å²) in [5, 5.41) is 7.68. The van der Waals surface area contributed by atoms with Gasteiger partial charge in [-0.2, -0.15) is 5.10 Å². The molecule has 0 aliphatic carbocycles. The molecule has 0 aliphatic heterocycles. The maximum atomic E-state index is 5.55. The molecule has 0 heterocycles. The molecule has 2 aromatic carbocycles. The van der Waals surface area contributed by atoms with Crippen molar-refractivity contribution < 1.29 is 14.2 Å². The molecule has 0 spiro atoms. The molecule has 0 bridgehead atoms. The van der Waals surface area contributed by atoms with E-state index in [1.165, 1.54) is 0 Å². The zero-order valence-corrected chi connectivity index (χ0v) is 15.9. The van der Waals surface area contributed by atoms with E-state index in [4.69, 9.17) is 26.4 Å². The van der Waals surface area contributed by atoms with E-state index in [1.807, 2.05) is 49.4 Å². The van der Waals surface area contributed by atoms with E-state index in [9.17, 15) is 0 Å². The van der Waals surface area contributed by atoms with Gasteiger partial charge < -0.3 is 19.5 Å². The van der Waals surface area contributed by atoms with Gasteiger partial charge in [-0.1, -0.05) is 12.1 Å². The van der Waals surface area contributed by atoms with Gasteiger partial charge in [-0.3, -0.25) is 5.43 Å². The van der Waals surface area contributed by atoms with Gasteiger partial charge in [0.2, 0.25) is 0 Å². The predicted molar refractivity (Wildman–Crippen MR) is 107 cm³/mol. The summed E-state index contributed by atoms with van der Waals surface area (Å²) >= 11 is 5.22. The molecule has 0 fully saturated rings. The number of methoxy groups -OCH3 is 2. The standard InChI is InChI=1S/C19H23N3O3S/c1-4-25-18-11-15(7-10-17(18)24-3)13-21-22-19(26)20-12-14-5-8-16(23-2)9-6-14/h5-11,13H,4,12H2,1-3H3,(H2,20,22,26)/b21-13-. The maximum absolute atomic E-state index is 5.55. The molecule has 26 heavy (non-hydrogen) atoms. The fourth-order valence-electron chi connectivity index (χ4n) is 2.17. The molecular formula is C19H23N3O3S. The summed E-state index contributed by atoms with van der Waals surface area (Å²) < 4.78 is 15.9. The highest BCUT2D eigenvalue weighted by atomic mass is 32.1.